The van der Waals surface area contributed by atoms with Crippen LogP contribution in [0.4, 0.5) is 0 Å². The summed E-state index contributed by atoms with van der Waals surface area (Å²) in [7, 11) is 1.60. The van der Waals surface area contributed by atoms with Crippen molar-refractivity contribution < 1.29 is 33.7 Å². The molecule has 0 saturated carbocycles. The third kappa shape index (κ3) is 9.84. The number of aliphatic hydroxyl groups is 1. The summed E-state index contributed by atoms with van der Waals surface area (Å²) in [5, 5.41) is 16.1. The summed E-state index contributed by atoms with van der Waals surface area (Å²) in [5.41, 5.74) is 4.14. The molecular weight excluding hydrogens is 560 g/mol. The molecule has 11 nitrogen and oxygen atoms in total. The van der Waals surface area contributed by atoms with Crippen molar-refractivity contribution in [3.05, 3.63) is 41.0 Å². The third-order valence-electron chi connectivity index (χ3n) is 6.99. The van der Waals surface area contributed by atoms with E-state index in [0.717, 1.165) is 21.7 Å². The number of benzene rings is 1. The molecule has 1 aromatic heterocycles. The van der Waals surface area contributed by atoms with Crippen LogP contribution >= 0.6 is 11.3 Å². The number of hydrogen-bond acceptors (Lipinski definition) is 9. The van der Waals surface area contributed by atoms with Crippen molar-refractivity contribution in [2.45, 2.75) is 65.3 Å². The maximum Gasteiger partial charge on any atom is 0.246 e. The van der Waals surface area contributed by atoms with E-state index in [4.69, 9.17) is 14.2 Å². The van der Waals surface area contributed by atoms with E-state index in [1.54, 1.807) is 18.4 Å². The van der Waals surface area contributed by atoms with Gasteiger partial charge in [-0.2, -0.15) is 0 Å². The molecule has 1 saturated heterocycles. The van der Waals surface area contributed by atoms with E-state index >= 15 is 0 Å². The number of methoxy groups -OCH3 is 1. The fraction of sp³-hybridized carbons (Fsp3) is 0.600. The molecule has 0 radical (unpaired) electrons. The molecule has 1 fully saturated rings. The Morgan fingerprint density at radius 2 is 1.76 bits per heavy atom. The zero-order valence-corrected chi connectivity index (χ0v) is 26.0. The van der Waals surface area contributed by atoms with Gasteiger partial charge in [0.1, 0.15) is 12.1 Å². The Kier molecular flexibility index (Phi) is 12.9. The highest BCUT2D eigenvalue weighted by atomic mass is 32.1. The topological polar surface area (TPSA) is 139 Å². The van der Waals surface area contributed by atoms with Crippen molar-refractivity contribution >= 4 is 29.1 Å². The molecule has 232 valence electrons. The number of hydrogen-bond donors (Lipinski definition) is 3. The van der Waals surface area contributed by atoms with E-state index < -0.39 is 29.5 Å². The molecule has 1 aliphatic heterocycles. The number of thiazole rings is 1. The monoisotopic (exact) mass is 604 g/mol. The maximum absolute atomic E-state index is 13.7. The molecule has 3 amide bonds. The van der Waals surface area contributed by atoms with Gasteiger partial charge in [0, 0.05) is 33.0 Å². The molecule has 42 heavy (non-hydrogen) atoms. The minimum absolute atomic E-state index is 0.0223. The molecule has 1 aromatic carbocycles. The van der Waals surface area contributed by atoms with Crippen molar-refractivity contribution in [2.75, 3.05) is 46.7 Å². The SMILES string of the molecule is COCCOCCOCCC(=O)NC(C(=O)N1C[C@H](O)C[C@H]1C(=O)NCc1ccc(-c2scnc2C)cc1)C(C)(C)C. The van der Waals surface area contributed by atoms with Crippen LogP contribution in [0.3, 0.4) is 0 Å². The summed E-state index contributed by atoms with van der Waals surface area (Å²) in [5.74, 6) is -1.08. The first-order chi connectivity index (χ1) is 20.0. The number of nitrogens with zero attached hydrogens (tertiary/aromatic N) is 2. The van der Waals surface area contributed by atoms with Gasteiger partial charge in [-0.05, 0) is 23.5 Å². The van der Waals surface area contributed by atoms with Gasteiger partial charge in [0.25, 0.3) is 0 Å². The molecule has 3 atom stereocenters. The predicted octanol–water partition coefficient (Wildman–Crippen LogP) is 2.30. The number of rotatable bonds is 15. The lowest BCUT2D eigenvalue weighted by Gasteiger charge is -2.35. The van der Waals surface area contributed by atoms with Crippen LogP contribution in [0.2, 0.25) is 0 Å². The van der Waals surface area contributed by atoms with Crippen LogP contribution in [0.15, 0.2) is 29.8 Å². The number of carbonyl (C=O) groups is 3. The lowest BCUT2D eigenvalue weighted by Crippen LogP contribution is -2.57. The van der Waals surface area contributed by atoms with Gasteiger partial charge in [-0.15, -0.1) is 11.3 Å². The summed E-state index contributed by atoms with van der Waals surface area (Å²) in [6.45, 7) is 9.72. The second kappa shape index (κ2) is 16.1. The minimum atomic E-state index is -0.884. The molecular formula is C30H44N4O7S. The summed E-state index contributed by atoms with van der Waals surface area (Å²) < 4.78 is 15.7. The number of aliphatic hydroxyl groups excluding tert-OH is 1. The van der Waals surface area contributed by atoms with Crippen LogP contribution < -0.4 is 10.6 Å². The second-order valence-electron chi connectivity index (χ2n) is 11.4. The molecule has 0 aliphatic carbocycles. The highest BCUT2D eigenvalue weighted by Gasteiger charge is 2.44. The normalized spacial score (nSPS) is 17.7. The lowest BCUT2D eigenvalue weighted by molar-refractivity contribution is -0.144. The average Bonchev–Trinajstić information content (AvgIpc) is 3.56. The Bertz CT molecular complexity index is 1170. The number of likely N-dealkylation sites (tertiary alicyclic amines) is 1. The van der Waals surface area contributed by atoms with Crippen LogP contribution in [0.5, 0.6) is 0 Å². The molecule has 3 N–H and O–H groups in total. The summed E-state index contributed by atoms with van der Waals surface area (Å²) >= 11 is 1.58. The van der Waals surface area contributed by atoms with Crippen LogP contribution in [-0.2, 0) is 35.1 Å². The Hall–Kier alpha value is -2.90. The third-order valence-corrected chi connectivity index (χ3v) is 7.97. The molecule has 12 heteroatoms. The quantitative estimate of drug-likeness (QED) is 0.263. The van der Waals surface area contributed by atoms with E-state index in [-0.39, 0.29) is 44.4 Å². The minimum Gasteiger partial charge on any atom is -0.391 e. The standard InChI is InChI=1S/C30H44N4O7S/c1-20-26(42-19-32-20)22-8-6-21(7-9-22)17-31-28(37)24-16-23(35)18-34(24)29(38)27(30(2,3)4)33-25(36)10-11-40-14-15-41-13-12-39-5/h6-9,19,23-24,27,35H,10-18H2,1-5H3,(H,31,37)(H,33,36)/t23-,24+,27?/m1/s1. The van der Waals surface area contributed by atoms with Gasteiger partial charge in [0.05, 0.1) is 55.2 Å². The van der Waals surface area contributed by atoms with Crippen molar-refractivity contribution in [1.82, 2.24) is 20.5 Å². The Balaban J connectivity index is 1.54. The molecule has 2 aromatic rings. The van der Waals surface area contributed by atoms with E-state index in [1.165, 1.54) is 4.90 Å². The Labute approximate surface area is 251 Å². The van der Waals surface area contributed by atoms with Gasteiger partial charge in [-0.3, -0.25) is 14.4 Å². The van der Waals surface area contributed by atoms with E-state index in [9.17, 15) is 19.5 Å². The first-order valence-corrected chi connectivity index (χ1v) is 15.1. The number of aromatic nitrogens is 1. The largest absolute Gasteiger partial charge is 0.391 e. The zero-order chi connectivity index (χ0) is 30.7. The van der Waals surface area contributed by atoms with Gasteiger partial charge in [-0.1, -0.05) is 45.0 Å². The van der Waals surface area contributed by atoms with Crippen LogP contribution in [0, 0.1) is 12.3 Å². The fourth-order valence-electron chi connectivity index (χ4n) is 4.64. The Morgan fingerprint density at radius 1 is 1.10 bits per heavy atom. The summed E-state index contributed by atoms with van der Waals surface area (Å²) in [4.78, 5) is 46.4. The molecule has 3 rings (SSSR count). The second-order valence-corrected chi connectivity index (χ2v) is 12.3. The maximum atomic E-state index is 13.7. The smallest absolute Gasteiger partial charge is 0.246 e. The molecule has 0 bridgehead atoms. The van der Waals surface area contributed by atoms with Gasteiger partial charge >= 0.3 is 0 Å². The summed E-state index contributed by atoms with van der Waals surface area (Å²) in [6.07, 6.45) is -0.625. The molecule has 1 unspecified atom stereocenters. The van der Waals surface area contributed by atoms with E-state index in [2.05, 4.69) is 15.6 Å². The van der Waals surface area contributed by atoms with Crippen LogP contribution in [0.25, 0.3) is 10.4 Å². The van der Waals surface area contributed by atoms with Crippen LogP contribution in [-0.4, -0.2) is 97.6 Å². The van der Waals surface area contributed by atoms with Crippen LogP contribution in [0.1, 0.15) is 44.9 Å². The fourth-order valence-corrected chi connectivity index (χ4v) is 5.45. The van der Waals surface area contributed by atoms with Gasteiger partial charge in [0.15, 0.2) is 0 Å². The highest BCUT2D eigenvalue weighted by Crippen LogP contribution is 2.28. The number of β-amino-alcohol motifs (C(OH)–C–C–N with tert-alkyl or cyclic N) is 1. The van der Waals surface area contributed by atoms with Gasteiger partial charge in [0.2, 0.25) is 17.7 Å². The number of nitrogens with one attached hydrogen (secondary N) is 2. The van der Waals surface area contributed by atoms with E-state index in [0.29, 0.717) is 26.4 Å². The van der Waals surface area contributed by atoms with Gasteiger partial charge < -0.3 is 34.9 Å². The van der Waals surface area contributed by atoms with E-state index in [1.807, 2.05) is 57.5 Å². The van der Waals surface area contributed by atoms with Crippen molar-refractivity contribution in [3.8, 4) is 10.4 Å². The molecule has 1 aliphatic rings. The lowest BCUT2D eigenvalue weighted by atomic mass is 9.85. The van der Waals surface area contributed by atoms with Crippen molar-refractivity contribution in [3.63, 3.8) is 0 Å². The number of aryl methyl sites for hydroxylation is 1. The molecule has 2 heterocycles. The first-order valence-electron chi connectivity index (χ1n) is 14.2. The average molecular weight is 605 g/mol. The predicted molar refractivity (Wildman–Crippen MR) is 160 cm³/mol. The summed E-state index contributed by atoms with van der Waals surface area (Å²) in [6, 6.07) is 6.17. The number of carbonyl (C=O) groups excluding carboxylic acids is 3. The number of ether oxygens (including phenoxy) is 3. The van der Waals surface area contributed by atoms with Crippen molar-refractivity contribution in [1.29, 1.82) is 0 Å². The van der Waals surface area contributed by atoms with Crippen molar-refractivity contribution in [2.24, 2.45) is 5.41 Å². The molecule has 0 spiro atoms. The zero-order valence-electron chi connectivity index (χ0n) is 25.2. The first kappa shape index (κ1) is 33.6. The number of amides is 3. The van der Waals surface area contributed by atoms with Gasteiger partial charge in [-0.25, -0.2) is 4.98 Å². The highest BCUT2D eigenvalue weighted by molar-refractivity contribution is 7.13. The Morgan fingerprint density at radius 3 is 2.38 bits per heavy atom.